The molecule has 0 aromatic heterocycles. The number of methoxy groups -OCH3 is 1. The molecule has 0 saturated heterocycles. The monoisotopic (exact) mass is 338 g/mol. The molecule has 2 unspecified atom stereocenters. The molecule has 1 aromatic carbocycles. The fourth-order valence-corrected chi connectivity index (χ4v) is 3.71. The van der Waals surface area contributed by atoms with Gasteiger partial charge >= 0.3 is 0 Å². The number of rotatable bonds is 7. The van der Waals surface area contributed by atoms with Gasteiger partial charge in [0.25, 0.3) is 0 Å². The highest BCUT2D eigenvalue weighted by atomic mass is 19.1. The van der Waals surface area contributed by atoms with Gasteiger partial charge in [-0.05, 0) is 42.9 Å². The third-order valence-corrected chi connectivity index (χ3v) is 5.21. The second-order valence-electron chi connectivity index (χ2n) is 6.87. The van der Waals surface area contributed by atoms with Crippen molar-refractivity contribution in [2.45, 2.75) is 63.6 Å². The first-order valence-corrected chi connectivity index (χ1v) is 8.85. The molecular weight excluding hydrogens is 310 g/mol. The zero-order chi connectivity index (χ0) is 17.6. The van der Waals surface area contributed by atoms with Gasteiger partial charge in [0.1, 0.15) is 11.6 Å². The lowest BCUT2D eigenvalue weighted by atomic mass is 9.76. The van der Waals surface area contributed by atoms with Gasteiger partial charge in [-0.2, -0.15) is 0 Å². The Morgan fingerprint density at radius 1 is 1.17 bits per heavy atom. The highest BCUT2D eigenvalue weighted by Crippen LogP contribution is 2.38. The predicted octanol–water partition coefficient (Wildman–Crippen LogP) is 5.10. The van der Waals surface area contributed by atoms with Crippen LogP contribution in [0.5, 0.6) is 0 Å². The van der Waals surface area contributed by atoms with Crippen molar-refractivity contribution in [3.63, 3.8) is 0 Å². The fourth-order valence-electron chi connectivity index (χ4n) is 3.71. The van der Waals surface area contributed by atoms with Crippen molar-refractivity contribution in [1.82, 2.24) is 0 Å². The van der Waals surface area contributed by atoms with E-state index in [1.165, 1.54) is 31.4 Å². The minimum Gasteiger partial charge on any atom is -0.389 e. The van der Waals surface area contributed by atoms with Gasteiger partial charge in [0.15, 0.2) is 0 Å². The molecule has 0 heterocycles. The molecule has 1 saturated carbocycles. The number of ether oxygens (including phenoxy) is 1. The number of aliphatic hydroxyl groups excluding tert-OH is 1. The van der Waals surface area contributed by atoms with Crippen LogP contribution < -0.4 is 0 Å². The van der Waals surface area contributed by atoms with Gasteiger partial charge in [-0.3, -0.25) is 0 Å². The topological polar surface area (TPSA) is 29.5 Å². The lowest BCUT2D eigenvalue weighted by Crippen LogP contribution is -2.38. The van der Waals surface area contributed by atoms with Crippen molar-refractivity contribution in [3.8, 4) is 0 Å². The number of aliphatic hydroxyl groups is 1. The van der Waals surface area contributed by atoms with Crippen molar-refractivity contribution in [2.24, 2.45) is 5.92 Å². The third kappa shape index (κ3) is 5.12. The summed E-state index contributed by atoms with van der Waals surface area (Å²) in [4.78, 5) is 0. The van der Waals surface area contributed by atoms with Crippen LogP contribution in [0.25, 0.3) is 6.08 Å². The van der Waals surface area contributed by atoms with Gasteiger partial charge in [0, 0.05) is 13.2 Å². The normalized spacial score (nSPS) is 20.2. The van der Waals surface area contributed by atoms with Gasteiger partial charge in [-0.25, -0.2) is 8.78 Å². The van der Waals surface area contributed by atoms with E-state index in [9.17, 15) is 13.9 Å². The largest absolute Gasteiger partial charge is 0.389 e. The molecule has 0 aliphatic heterocycles. The molecule has 1 aromatic rings. The van der Waals surface area contributed by atoms with Crippen LogP contribution in [0.3, 0.4) is 0 Å². The van der Waals surface area contributed by atoms with Crippen LogP contribution in [-0.4, -0.2) is 23.9 Å². The second kappa shape index (κ2) is 8.72. The minimum atomic E-state index is -0.657. The summed E-state index contributed by atoms with van der Waals surface area (Å²) in [6, 6.07) is 3.35. The molecule has 0 bridgehead atoms. The maximum Gasteiger partial charge on any atom is 0.126 e. The molecule has 1 N–H and O–H groups in total. The van der Waals surface area contributed by atoms with Crippen LogP contribution in [0, 0.1) is 17.6 Å². The Bertz CT molecular complexity index is 530. The standard InChI is InChI=1S/C20H28F2O2/c1-3-16(14-20(24-2)9-5-4-6-10-20)19(23)8-7-15-11-17(21)13-18(22)12-15/h7-8,11-13,16,19,23H,3-6,9-10,14H2,1-2H3. The van der Waals surface area contributed by atoms with E-state index in [0.717, 1.165) is 31.7 Å². The maximum absolute atomic E-state index is 13.2. The summed E-state index contributed by atoms with van der Waals surface area (Å²) < 4.78 is 32.3. The Hall–Kier alpha value is -1.26. The van der Waals surface area contributed by atoms with E-state index in [4.69, 9.17) is 4.74 Å². The first-order chi connectivity index (χ1) is 11.5. The van der Waals surface area contributed by atoms with Crippen LogP contribution in [-0.2, 0) is 4.74 Å². The van der Waals surface area contributed by atoms with E-state index in [2.05, 4.69) is 6.92 Å². The van der Waals surface area contributed by atoms with Gasteiger partial charge < -0.3 is 9.84 Å². The molecule has 0 amide bonds. The molecule has 2 nitrogen and oxygen atoms in total. The highest BCUT2D eigenvalue weighted by molar-refractivity contribution is 5.49. The summed E-state index contributed by atoms with van der Waals surface area (Å²) in [7, 11) is 1.76. The smallest absolute Gasteiger partial charge is 0.126 e. The van der Waals surface area contributed by atoms with Crippen LogP contribution >= 0.6 is 0 Å². The second-order valence-corrected chi connectivity index (χ2v) is 6.87. The van der Waals surface area contributed by atoms with Gasteiger partial charge in [-0.15, -0.1) is 0 Å². The van der Waals surface area contributed by atoms with Crippen molar-refractivity contribution in [1.29, 1.82) is 0 Å². The van der Waals surface area contributed by atoms with Gasteiger partial charge in [-0.1, -0.05) is 44.8 Å². The van der Waals surface area contributed by atoms with Crippen molar-refractivity contribution >= 4 is 6.08 Å². The summed E-state index contributed by atoms with van der Waals surface area (Å²) in [5.41, 5.74) is 0.277. The molecule has 0 radical (unpaired) electrons. The summed E-state index contributed by atoms with van der Waals surface area (Å²) in [6.07, 6.45) is 9.84. The Kier molecular flexibility index (Phi) is 6.93. The van der Waals surface area contributed by atoms with E-state index in [1.54, 1.807) is 19.3 Å². The number of benzene rings is 1. The molecule has 24 heavy (non-hydrogen) atoms. The van der Waals surface area contributed by atoms with Crippen LogP contribution in [0.2, 0.25) is 0 Å². The van der Waals surface area contributed by atoms with Gasteiger partial charge in [0.2, 0.25) is 0 Å². The maximum atomic E-state index is 13.2. The molecule has 4 heteroatoms. The molecule has 134 valence electrons. The molecule has 1 aliphatic rings. The van der Waals surface area contributed by atoms with Gasteiger partial charge in [0.05, 0.1) is 11.7 Å². The van der Waals surface area contributed by atoms with Crippen molar-refractivity contribution in [2.75, 3.05) is 7.11 Å². The van der Waals surface area contributed by atoms with Crippen molar-refractivity contribution in [3.05, 3.63) is 41.5 Å². The summed E-state index contributed by atoms with van der Waals surface area (Å²) in [6.45, 7) is 2.05. The van der Waals surface area contributed by atoms with Crippen LogP contribution in [0.1, 0.15) is 57.4 Å². The van der Waals surface area contributed by atoms with E-state index >= 15 is 0 Å². The number of hydrogen-bond acceptors (Lipinski definition) is 2. The lowest BCUT2D eigenvalue weighted by molar-refractivity contribution is -0.0663. The third-order valence-electron chi connectivity index (χ3n) is 5.21. The van der Waals surface area contributed by atoms with Crippen molar-refractivity contribution < 1.29 is 18.6 Å². The molecule has 1 fully saturated rings. The average molecular weight is 338 g/mol. The molecule has 2 rings (SSSR count). The van der Waals surface area contributed by atoms with Crippen LogP contribution in [0.15, 0.2) is 24.3 Å². The minimum absolute atomic E-state index is 0.0673. The summed E-state index contributed by atoms with van der Waals surface area (Å²) in [5, 5.41) is 10.5. The Morgan fingerprint density at radius 2 is 1.79 bits per heavy atom. The molecule has 0 spiro atoms. The number of halogens is 2. The fraction of sp³-hybridized carbons (Fsp3) is 0.600. The first kappa shape index (κ1) is 19.1. The lowest BCUT2D eigenvalue weighted by Gasteiger charge is -2.39. The van der Waals surface area contributed by atoms with E-state index < -0.39 is 17.7 Å². The first-order valence-electron chi connectivity index (χ1n) is 8.85. The Balaban J connectivity index is 2.04. The van der Waals surface area contributed by atoms with E-state index in [1.807, 2.05) is 0 Å². The Morgan fingerprint density at radius 3 is 2.33 bits per heavy atom. The van der Waals surface area contributed by atoms with E-state index in [0.29, 0.717) is 5.56 Å². The number of hydrogen-bond donors (Lipinski definition) is 1. The van der Waals surface area contributed by atoms with E-state index in [-0.39, 0.29) is 11.5 Å². The molecule has 2 atom stereocenters. The Labute approximate surface area is 143 Å². The highest BCUT2D eigenvalue weighted by Gasteiger charge is 2.35. The zero-order valence-corrected chi connectivity index (χ0v) is 14.6. The SMILES string of the molecule is CCC(CC1(OC)CCCCC1)C(O)C=Cc1cc(F)cc(F)c1. The summed E-state index contributed by atoms with van der Waals surface area (Å²) >= 11 is 0. The molecule has 1 aliphatic carbocycles. The molecular formula is C20H28F2O2. The zero-order valence-electron chi connectivity index (χ0n) is 14.6. The quantitative estimate of drug-likeness (QED) is 0.749. The average Bonchev–Trinajstić information content (AvgIpc) is 2.57. The summed E-state index contributed by atoms with van der Waals surface area (Å²) in [5.74, 6) is -1.16. The van der Waals surface area contributed by atoms with Crippen LogP contribution in [0.4, 0.5) is 8.78 Å². The predicted molar refractivity (Wildman–Crippen MR) is 92.6 cm³/mol.